The molecule has 0 amide bonds. The highest BCUT2D eigenvalue weighted by Gasteiger charge is 2.28. The van der Waals surface area contributed by atoms with Gasteiger partial charge in [-0.1, -0.05) is 6.92 Å². The maximum absolute atomic E-state index is 13.6. The van der Waals surface area contributed by atoms with Gasteiger partial charge >= 0.3 is 0 Å². The lowest BCUT2D eigenvalue weighted by molar-refractivity contribution is -0.121. The first kappa shape index (κ1) is 14.2. The predicted octanol–water partition coefficient (Wildman–Crippen LogP) is 2.20. The Labute approximate surface area is 105 Å². The lowest BCUT2D eigenvalue weighted by atomic mass is 10.0. The van der Waals surface area contributed by atoms with Crippen LogP contribution in [0.5, 0.6) is 11.5 Å². The number of ketones is 2. The number of halogens is 1. The summed E-state index contributed by atoms with van der Waals surface area (Å²) in [5.74, 6) is -1.04. The van der Waals surface area contributed by atoms with Crippen LogP contribution in [-0.4, -0.2) is 32.0 Å². The molecule has 0 aliphatic rings. The van der Waals surface area contributed by atoms with E-state index in [1.807, 2.05) is 0 Å². The molecular formula is C13H15FO4. The minimum Gasteiger partial charge on any atom is -0.497 e. The fourth-order valence-corrected chi connectivity index (χ4v) is 1.47. The summed E-state index contributed by atoms with van der Waals surface area (Å²) in [6, 6.07) is 4.44. The largest absolute Gasteiger partial charge is 0.497 e. The van der Waals surface area contributed by atoms with Crippen molar-refractivity contribution in [1.82, 2.24) is 0 Å². The summed E-state index contributed by atoms with van der Waals surface area (Å²) in [6.45, 7) is 1.50. The number of rotatable bonds is 6. The summed E-state index contributed by atoms with van der Waals surface area (Å²) in [6.07, 6.45) is -2.19. The van der Waals surface area contributed by atoms with Crippen LogP contribution in [-0.2, 0) is 4.79 Å². The Hall–Kier alpha value is -1.91. The third-order valence-corrected chi connectivity index (χ3v) is 2.53. The molecule has 0 aliphatic heterocycles. The molecule has 0 spiro atoms. The van der Waals surface area contributed by atoms with Crippen LogP contribution in [0.15, 0.2) is 18.2 Å². The highest BCUT2D eigenvalue weighted by atomic mass is 19.1. The van der Waals surface area contributed by atoms with Gasteiger partial charge in [0.1, 0.15) is 11.5 Å². The Bertz CT molecular complexity index is 456. The monoisotopic (exact) mass is 254 g/mol. The summed E-state index contributed by atoms with van der Waals surface area (Å²) in [7, 11) is 2.80. The van der Waals surface area contributed by atoms with Gasteiger partial charge in [-0.15, -0.1) is 0 Å². The van der Waals surface area contributed by atoms with E-state index in [-0.39, 0.29) is 17.7 Å². The molecular weight excluding hydrogens is 239 g/mol. The van der Waals surface area contributed by atoms with Gasteiger partial charge in [0.25, 0.3) is 0 Å². The molecule has 0 bridgehead atoms. The molecule has 1 rings (SSSR count). The molecule has 18 heavy (non-hydrogen) atoms. The maximum Gasteiger partial charge on any atom is 0.220 e. The zero-order chi connectivity index (χ0) is 13.7. The molecule has 0 saturated carbocycles. The average molecular weight is 254 g/mol. The zero-order valence-electron chi connectivity index (χ0n) is 10.5. The summed E-state index contributed by atoms with van der Waals surface area (Å²) in [5.41, 5.74) is 0.00569. The fourth-order valence-electron chi connectivity index (χ4n) is 1.47. The SMILES string of the molecule is CCC(=O)C(F)C(=O)c1cc(OC)ccc1OC. The quantitative estimate of drug-likeness (QED) is 0.577. The van der Waals surface area contributed by atoms with Gasteiger partial charge in [0.05, 0.1) is 19.8 Å². The van der Waals surface area contributed by atoms with Crippen molar-refractivity contribution < 1.29 is 23.5 Å². The summed E-state index contributed by atoms with van der Waals surface area (Å²) < 4.78 is 23.6. The van der Waals surface area contributed by atoms with Crippen molar-refractivity contribution in [3.8, 4) is 11.5 Å². The Morgan fingerprint density at radius 1 is 1.28 bits per heavy atom. The van der Waals surface area contributed by atoms with Crippen LogP contribution >= 0.6 is 0 Å². The van der Waals surface area contributed by atoms with Crippen molar-refractivity contribution in [2.24, 2.45) is 0 Å². The molecule has 0 radical (unpaired) electrons. The molecule has 1 aromatic rings. The zero-order valence-corrected chi connectivity index (χ0v) is 10.5. The van der Waals surface area contributed by atoms with E-state index >= 15 is 0 Å². The van der Waals surface area contributed by atoms with Crippen LogP contribution in [0.1, 0.15) is 23.7 Å². The number of ether oxygens (including phenoxy) is 2. The van der Waals surface area contributed by atoms with Crippen molar-refractivity contribution in [1.29, 1.82) is 0 Å². The Morgan fingerprint density at radius 2 is 1.94 bits per heavy atom. The standard InChI is InChI=1S/C13H15FO4/c1-4-10(15)12(14)13(16)9-7-8(17-2)5-6-11(9)18-3/h5-7,12H,4H2,1-3H3. The van der Waals surface area contributed by atoms with Crippen LogP contribution < -0.4 is 9.47 Å². The van der Waals surface area contributed by atoms with Crippen molar-refractivity contribution in [2.75, 3.05) is 14.2 Å². The minimum absolute atomic E-state index is 0.00569. The van der Waals surface area contributed by atoms with Gasteiger partial charge in [0.2, 0.25) is 12.0 Å². The molecule has 0 aromatic heterocycles. The number of hydrogen-bond donors (Lipinski definition) is 0. The third kappa shape index (κ3) is 2.85. The second-order valence-electron chi connectivity index (χ2n) is 3.61. The van der Waals surface area contributed by atoms with E-state index in [2.05, 4.69) is 0 Å². The molecule has 0 fully saturated rings. The van der Waals surface area contributed by atoms with Gasteiger partial charge in [-0.3, -0.25) is 9.59 Å². The molecule has 0 heterocycles. The Kier molecular flexibility index (Phi) is 4.83. The summed E-state index contributed by atoms with van der Waals surface area (Å²) >= 11 is 0. The molecule has 1 unspecified atom stereocenters. The molecule has 1 aromatic carbocycles. The number of hydrogen-bond acceptors (Lipinski definition) is 4. The second-order valence-corrected chi connectivity index (χ2v) is 3.61. The average Bonchev–Trinajstić information content (AvgIpc) is 2.43. The Balaban J connectivity index is 3.13. The number of alkyl halides is 1. The minimum atomic E-state index is -2.16. The van der Waals surface area contributed by atoms with E-state index in [4.69, 9.17) is 9.47 Å². The number of methoxy groups -OCH3 is 2. The maximum atomic E-state index is 13.6. The number of benzene rings is 1. The van der Waals surface area contributed by atoms with E-state index in [1.54, 1.807) is 6.07 Å². The third-order valence-electron chi connectivity index (χ3n) is 2.53. The highest BCUT2D eigenvalue weighted by molar-refractivity contribution is 6.14. The van der Waals surface area contributed by atoms with E-state index < -0.39 is 17.7 Å². The molecule has 5 heteroatoms. The van der Waals surface area contributed by atoms with Gasteiger partial charge in [-0.2, -0.15) is 0 Å². The molecule has 98 valence electrons. The fraction of sp³-hybridized carbons (Fsp3) is 0.385. The first-order chi connectivity index (χ1) is 8.54. The van der Waals surface area contributed by atoms with Gasteiger partial charge in [0.15, 0.2) is 5.78 Å². The molecule has 0 saturated heterocycles. The van der Waals surface area contributed by atoms with Crippen LogP contribution in [0.4, 0.5) is 4.39 Å². The van der Waals surface area contributed by atoms with E-state index in [0.717, 1.165) is 0 Å². The van der Waals surface area contributed by atoms with E-state index in [9.17, 15) is 14.0 Å². The van der Waals surface area contributed by atoms with E-state index in [0.29, 0.717) is 5.75 Å². The van der Waals surface area contributed by atoms with Crippen LogP contribution in [0.2, 0.25) is 0 Å². The van der Waals surface area contributed by atoms with Crippen molar-refractivity contribution >= 4 is 11.6 Å². The molecule has 1 atom stereocenters. The van der Waals surface area contributed by atoms with Crippen molar-refractivity contribution in [3.63, 3.8) is 0 Å². The number of Topliss-reactive ketones (excluding diaryl/α,β-unsaturated/α-hetero) is 2. The van der Waals surface area contributed by atoms with Gasteiger partial charge in [0, 0.05) is 6.42 Å². The normalized spacial score (nSPS) is 11.8. The molecule has 4 nitrogen and oxygen atoms in total. The van der Waals surface area contributed by atoms with Crippen molar-refractivity contribution in [3.05, 3.63) is 23.8 Å². The van der Waals surface area contributed by atoms with Gasteiger partial charge in [-0.05, 0) is 18.2 Å². The molecule has 0 aliphatic carbocycles. The molecule has 0 N–H and O–H groups in total. The van der Waals surface area contributed by atoms with Crippen LogP contribution in [0.3, 0.4) is 0 Å². The van der Waals surface area contributed by atoms with Gasteiger partial charge in [-0.25, -0.2) is 4.39 Å². The lowest BCUT2D eigenvalue weighted by Crippen LogP contribution is -2.25. The first-order valence-corrected chi connectivity index (χ1v) is 5.48. The first-order valence-electron chi connectivity index (χ1n) is 5.48. The van der Waals surface area contributed by atoms with E-state index in [1.165, 1.54) is 33.3 Å². The predicted molar refractivity (Wildman–Crippen MR) is 64.1 cm³/mol. The second kappa shape index (κ2) is 6.14. The number of carbonyl (C=O) groups is 2. The van der Waals surface area contributed by atoms with Crippen molar-refractivity contribution in [2.45, 2.75) is 19.5 Å². The topological polar surface area (TPSA) is 52.6 Å². The Morgan fingerprint density at radius 3 is 2.44 bits per heavy atom. The highest BCUT2D eigenvalue weighted by Crippen LogP contribution is 2.26. The van der Waals surface area contributed by atoms with Crippen LogP contribution in [0.25, 0.3) is 0 Å². The lowest BCUT2D eigenvalue weighted by Gasteiger charge is -2.11. The van der Waals surface area contributed by atoms with Gasteiger partial charge < -0.3 is 9.47 Å². The number of carbonyl (C=O) groups excluding carboxylic acids is 2. The van der Waals surface area contributed by atoms with Crippen LogP contribution in [0, 0.1) is 0 Å². The summed E-state index contributed by atoms with van der Waals surface area (Å²) in [5, 5.41) is 0. The summed E-state index contributed by atoms with van der Waals surface area (Å²) in [4.78, 5) is 23.1. The smallest absolute Gasteiger partial charge is 0.220 e.